The number of nitrogens with one attached hydrogen (secondary N) is 1. The van der Waals surface area contributed by atoms with E-state index in [1.165, 1.54) is 0 Å². The predicted molar refractivity (Wildman–Crippen MR) is 75.3 cm³/mol. The molecule has 2 heterocycles. The van der Waals surface area contributed by atoms with Crippen LogP contribution in [0.5, 0.6) is 0 Å². The van der Waals surface area contributed by atoms with E-state index in [0.29, 0.717) is 5.56 Å². The number of hydrogen-bond donors (Lipinski definition) is 2. The number of nitrogens with zero attached hydrogens (tertiary/aromatic N) is 2. The van der Waals surface area contributed by atoms with Gasteiger partial charge in [-0.3, -0.25) is 9.89 Å². The largest absolute Gasteiger partial charge is 0.393 e. The highest BCUT2D eigenvalue weighted by Crippen LogP contribution is 2.35. The first kappa shape index (κ1) is 13.6. The van der Waals surface area contributed by atoms with Gasteiger partial charge < -0.3 is 10.0 Å². The number of aliphatic hydroxyl groups is 1. The highest BCUT2D eigenvalue weighted by Gasteiger charge is 2.39. The molecule has 3 atom stereocenters. The Kier molecular flexibility index (Phi) is 3.78. The molecule has 5 heteroatoms. The Morgan fingerprint density at radius 2 is 2.20 bits per heavy atom. The number of aliphatic hydroxyl groups excluding tert-OH is 1. The molecule has 1 saturated carbocycles. The number of carbonyl (C=O) groups excluding carboxylic acids is 1. The molecule has 110 valence electrons. The van der Waals surface area contributed by atoms with Crippen LogP contribution in [0.15, 0.2) is 6.20 Å². The molecule has 2 aliphatic rings. The lowest BCUT2D eigenvalue weighted by Gasteiger charge is -2.40. The molecule has 1 aliphatic heterocycles. The first-order valence-electron chi connectivity index (χ1n) is 7.67. The van der Waals surface area contributed by atoms with Crippen molar-refractivity contribution in [2.24, 2.45) is 5.92 Å². The minimum atomic E-state index is -0.237. The van der Waals surface area contributed by atoms with Crippen molar-refractivity contribution in [3.63, 3.8) is 0 Å². The second-order valence-electron chi connectivity index (χ2n) is 6.13. The fourth-order valence-corrected chi connectivity index (χ4v) is 3.79. The van der Waals surface area contributed by atoms with Crippen molar-refractivity contribution in [2.75, 3.05) is 6.54 Å². The Morgan fingerprint density at radius 1 is 1.35 bits per heavy atom. The second-order valence-corrected chi connectivity index (χ2v) is 6.13. The maximum atomic E-state index is 12.7. The number of H-pyrrole nitrogens is 1. The number of likely N-dealkylation sites (tertiary alicyclic amines) is 1. The number of piperidine rings is 1. The lowest BCUT2D eigenvalue weighted by Crippen LogP contribution is -2.49. The third kappa shape index (κ3) is 2.35. The minimum absolute atomic E-state index is 0.0695. The maximum Gasteiger partial charge on any atom is 0.257 e. The minimum Gasteiger partial charge on any atom is -0.393 e. The van der Waals surface area contributed by atoms with Gasteiger partial charge in [0.2, 0.25) is 0 Å². The number of aryl methyl sites for hydroxylation is 1. The van der Waals surface area contributed by atoms with Crippen molar-refractivity contribution in [1.82, 2.24) is 15.1 Å². The Labute approximate surface area is 119 Å². The Balaban J connectivity index is 1.82. The summed E-state index contributed by atoms with van der Waals surface area (Å²) < 4.78 is 0. The summed E-state index contributed by atoms with van der Waals surface area (Å²) in [4.78, 5) is 14.7. The van der Waals surface area contributed by atoms with Crippen molar-refractivity contribution in [2.45, 2.75) is 57.6 Å². The summed E-state index contributed by atoms with van der Waals surface area (Å²) in [5.74, 6) is 0.325. The first-order valence-corrected chi connectivity index (χ1v) is 7.67. The quantitative estimate of drug-likeness (QED) is 0.867. The molecule has 1 aromatic heterocycles. The summed E-state index contributed by atoms with van der Waals surface area (Å²) >= 11 is 0. The van der Waals surface area contributed by atoms with Gasteiger partial charge in [0, 0.05) is 24.2 Å². The molecular formula is C15H23N3O2. The zero-order valence-electron chi connectivity index (χ0n) is 12.0. The van der Waals surface area contributed by atoms with Crippen molar-refractivity contribution in [3.05, 3.63) is 17.5 Å². The number of aromatic nitrogens is 2. The maximum absolute atomic E-state index is 12.7. The molecule has 1 aromatic rings. The zero-order chi connectivity index (χ0) is 14.1. The summed E-state index contributed by atoms with van der Waals surface area (Å²) in [6.45, 7) is 2.68. The fourth-order valence-electron chi connectivity index (χ4n) is 3.79. The lowest BCUT2D eigenvalue weighted by molar-refractivity contribution is 0.0287. The summed E-state index contributed by atoms with van der Waals surface area (Å²) in [5, 5.41) is 17.0. The second kappa shape index (κ2) is 5.56. The fraction of sp³-hybridized carbons (Fsp3) is 0.733. The van der Waals surface area contributed by atoms with Crippen LogP contribution in [-0.2, 0) is 0 Å². The van der Waals surface area contributed by atoms with E-state index in [1.54, 1.807) is 6.20 Å². The monoisotopic (exact) mass is 277 g/mol. The summed E-state index contributed by atoms with van der Waals surface area (Å²) in [6.07, 6.45) is 7.62. The molecule has 5 nitrogen and oxygen atoms in total. The van der Waals surface area contributed by atoms with Gasteiger partial charge in [-0.2, -0.15) is 5.10 Å². The van der Waals surface area contributed by atoms with Gasteiger partial charge in [0.25, 0.3) is 5.91 Å². The summed E-state index contributed by atoms with van der Waals surface area (Å²) in [6, 6.07) is 0.197. The van der Waals surface area contributed by atoms with Crippen LogP contribution in [0, 0.1) is 12.8 Å². The van der Waals surface area contributed by atoms with E-state index < -0.39 is 0 Å². The van der Waals surface area contributed by atoms with E-state index in [2.05, 4.69) is 10.2 Å². The van der Waals surface area contributed by atoms with Crippen LogP contribution >= 0.6 is 0 Å². The topological polar surface area (TPSA) is 69.2 Å². The molecule has 1 saturated heterocycles. The van der Waals surface area contributed by atoms with Gasteiger partial charge in [0.15, 0.2) is 0 Å². The van der Waals surface area contributed by atoms with Crippen LogP contribution in [-0.4, -0.2) is 44.8 Å². The molecule has 2 N–H and O–H groups in total. The molecule has 0 bridgehead atoms. The average Bonchev–Trinajstić information content (AvgIpc) is 3.06. The van der Waals surface area contributed by atoms with Crippen LogP contribution in [0.3, 0.4) is 0 Å². The predicted octanol–water partition coefficient (Wildman–Crippen LogP) is 1.87. The van der Waals surface area contributed by atoms with Crippen LogP contribution in [0.1, 0.15) is 54.6 Å². The van der Waals surface area contributed by atoms with Crippen molar-refractivity contribution < 1.29 is 9.90 Å². The highest BCUT2D eigenvalue weighted by atomic mass is 16.3. The number of carbonyl (C=O) groups is 1. The van der Waals surface area contributed by atoms with E-state index >= 15 is 0 Å². The number of amides is 1. The summed E-state index contributed by atoms with van der Waals surface area (Å²) in [7, 11) is 0. The van der Waals surface area contributed by atoms with Gasteiger partial charge in [-0.25, -0.2) is 0 Å². The van der Waals surface area contributed by atoms with Crippen LogP contribution in [0.25, 0.3) is 0 Å². The van der Waals surface area contributed by atoms with Crippen LogP contribution in [0.4, 0.5) is 0 Å². The first-order chi connectivity index (χ1) is 9.68. The third-order valence-corrected chi connectivity index (χ3v) is 4.90. The van der Waals surface area contributed by atoms with Crippen LogP contribution in [0.2, 0.25) is 0 Å². The van der Waals surface area contributed by atoms with E-state index in [0.717, 1.165) is 50.8 Å². The van der Waals surface area contributed by atoms with Crippen molar-refractivity contribution in [3.8, 4) is 0 Å². The summed E-state index contributed by atoms with van der Waals surface area (Å²) in [5.41, 5.74) is 1.50. The number of hydrogen-bond acceptors (Lipinski definition) is 3. The Morgan fingerprint density at radius 3 is 2.85 bits per heavy atom. The van der Waals surface area contributed by atoms with Gasteiger partial charge in [-0.15, -0.1) is 0 Å². The zero-order valence-corrected chi connectivity index (χ0v) is 12.0. The third-order valence-electron chi connectivity index (χ3n) is 4.90. The van der Waals surface area contributed by atoms with Crippen molar-refractivity contribution in [1.29, 1.82) is 0 Å². The Bertz CT molecular complexity index is 485. The van der Waals surface area contributed by atoms with Crippen LogP contribution < -0.4 is 0 Å². The van der Waals surface area contributed by atoms with Gasteiger partial charge in [0.1, 0.15) is 0 Å². The molecule has 0 spiro atoms. The average molecular weight is 277 g/mol. The Hall–Kier alpha value is -1.36. The molecule has 3 rings (SSSR count). The normalized spacial score (nSPS) is 30.7. The molecule has 0 aromatic carbocycles. The highest BCUT2D eigenvalue weighted by molar-refractivity contribution is 5.95. The van der Waals surface area contributed by atoms with Gasteiger partial charge in [-0.1, -0.05) is 6.42 Å². The molecule has 3 unspecified atom stereocenters. The van der Waals surface area contributed by atoms with Gasteiger partial charge in [0.05, 0.1) is 17.9 Å². The number of rotatable bonds is 2. The molecule has 0 radical (unpaired) electrons. The van der Waals surface area contributed by atoms with Gasteiger partial charge in [-0.05, 0) is 39.0 Å². The molecule has 1 amide bonds. The molecule has 2 fully saturated rings. The smallest absolute Gasteiger partial charge is 0.257 e. The van der Waals surface area contributed by atoms with E-state index in [9.17, 15) is 9.90 Å². The van der Waals surface area contributed by atoms with Crippen molar-refractivity contribution >= 4 is 5.91 Å². The van der Waals surface area contributed by atoms with E-state index in [-0.39, 0.29) is 24.0 Å². The van der Waals surface area contributed by atoms with Gasteiger partial charge >= 0.3 is 0 Å². The number of aromatic amines is 1. The molecular weight excluding hydrogens is 254 g/mol. The van der Waals surface area contributed by atoms with E-state index in [1.807, 2.05) is 11.8 Å². The molecule has 20 heavy (non-hydrogen) atoms. The molecule has 1 aliphatic carbocycles. The standard InChI is InChI=1S/C15H23N3O2/c1-10-12(9-16-17-10)15(20)18-8-3-2-6-13(18)11-5-4-7-14(11)19/h9,11,13-14,19H,2-8H2,1H3,(H,16,17). The lowest BCUT2D eigenvalue weighted by atomic mass is 9.87. The van der Waals surface area contributed by atoms with E-state index in [4.69, 9.17) is 0 Å². The SMILES string of the molecule is Cc1[nH]ncc1C(=O)N1CCCCC1C1CCCC1O.